The molecule has 0 fully saturated rings. The standard InChI is InChI=1S/C25H21N3O2/c1-16-11-12-23(17(2)13-16)27-24(29)25(30)28-26-15-22-20-9-5-3-7-18(20)14-19-8-4-6-10-21(19)22/h3-15H,1-2H3,(H,27,29)(H,28,30)/b26-15-. The summed E-state index contributed by atoms with van der Waals surface area (Å²) in [6.07, 6.45) is 1.59. The largest absolute Gasteiger partial charge is 0.329 e. The van der Waals surface area contributed by atoms with Crippen LogP contribution in [0.5, 0.6) is 0 Å². The summed E-state index contributed by atoms with van der Waals surface area (Å²) in [7, 11) is 0. The Kier molecular flexibility index (Phi) is 5.26. The van der Waals surface area contributed by atoms with Crippen LogP contribution in [-0.4, -0.2) is 18.0 Å². The van der Waals surface area contributed by atoms with Crippen LogP contribution < -0.4 is 10.7 Å². The van der Waals surface area contributed by atoms with Gasteiger partial charge in [0.1, 0.15) is 0 Å². The lowest BCUT2D eigenvalue weighted by atomic mass is 9.97. The fraction of sp³-hybridized carbons (Fsp3) is 0.0800. The zero-order chi connectivity index (χ0) is 21.1. The number of nitrogens with one attached hydrogen (secondary N) is 2. The van der Waals surface area contributed by atoms with Crippen LogP contribution in [0.3, 0.4) is 0 Å². The predicted octanol–water partition coefficient (Wildman–Crippen LogP) is 4.70. The number of anilines is 1. The molecule has 0 spiro atoms. The van der Waals surface area contributed by atoms with Crippen molar-refractivity contribution in [3.8, 4) is 0 Å². The van der Waals surface area contributed by atoms with E-state index < -0.39 is 11.8 Å². The minimum absolute atomic E-state index is 0.602. The number of hydrogen-bond acceptors (Lipinski definition) is 3. The van der Waals surface area contributed by atoms with Crippen molar-refractivity contribution in [2.24, 2.45) is 5.10 Å². The van der Waals surface area contributed by atoms with Crippen LogP contribution in [0.15, 0.2) is 77.9 Å². The van der Waals surface area contributed by atoms with Crippen molar-refractivity contribution in [1.29, 1.82) is 0 Å². The van der Waals surface area contributed by atoms with Crippen molar-refractivity contribution in [1.82, 2.24) is 5.43 Å². The van der Waals surface area contributed by atoms with E-state index in [1.165, 1.54) is 0 Å². The summed E-state index contributed by atoms with van der Waals surface area (Å²) in [6, 6.07) is 23.7. The first-order valence-electron chi connectivity index (χ1n) is 9.65. The van der Waals surface area contributed by atoms with E-state index in [0.29, 0.717) is 5.69 Å². The molecule has 0 heterocycles. The highest BCUT2D eigenvalue weighted by molar-refractivity contribution is 6.39. The SMILES string of the molecule is Cc1ccc(NC(=O)C(=O)N/N=C\c2c3ccccc3cc3ccccc23)c(C)c1. The molecule has 4 aromatic rings. The lowest BCUT2D eigenvalue weighted by Crippen LogP contribution is -2.32. The average Bonchev–Trinajstić information content (AvgIpc) is 2.75. The molecule has 0 aromatic heterocycles. The summed E-state index contributed by atoms with van der Waals surface area (Å²) in [5.74, 6) is -1.59. The second kappa shape index (κ2) is 8.17. The number of carbonyl (C=O) groups excluding carboxylic acids is 2. The quantitative estimate of drug-likeness (QED) is 0.228. The van der Waals surface area contributed by atoms with Gasteiger partial charge in [-0.05, 0) is 53.1 Å². The van der Waals surface area contributed by atoms with Crippen molar-refractivity contribution in [3.63, 3.8) is 0 Å². The van der Waals surface area contributed by atoms with Gasteiger partial charge in [-0.1, -0.05) is 66.2 Å². The van der Waals surface area contributed by atoms with Crippen LogP contribution in [0, 0.1) is 13.8 Å². The van der Waals surface area contributed by atoms with E-state index in [1.54, 1.807) is 12.3 Å². The molecule has 0 saturated heterocycles. The van der Waals surface area contributed by atoms with Gasteiger partial charge in [0.15, 0.2) is 0 Å². The highest BCUT2D eigenvalue weighted by Crippen LogP contribution is 2.27. The molecule has 30 heavy (non-hydrogen) atoms. The molecular weight excluding hydrogens is 374 g/mol. The first-order chi connectivity index (χ1) is 14.5. The van der Waals surface area contributed by atoms with Crippen LogP contribution >= 0.6 is 0 Å². The summed E-state index contributed by atoms with van der Waals surface area (Å²) >= 11 is 0. The topological polar surface area (TPSA) is 70.6 Å². The zero-order valence-electron chi connectivity index (χ0n) is 16.8. The molecule has 0 atom stereocenters. The number of amides is 2. The van der Waals surface area contributed by atoms with Crippen molar-refractivity contribution in [3.05, 3.63) is 89.5 Å². The number of fused-ring (bicyclic) bond motifs is 2. The van der Waals surface area contributed by atoms with Gasteiger partial charge in [0, 0.05) is 11.3 Å². The molecule has 5 heteroatoms. The van der Waals surface area contributed by atoms with E-state index in [2.05, 4.69) is 21.9 Å². The second-order valence-electron chi connectivity index (χ2n) is 7.20. The second-order valence-corrected chi connectivity index (χ2v) is 7.20. The number of rotatable bonds is 3. The van der Waals surface area contributed by atoms with E-state index in [9.17, 15) is 9.59 Å². The average molecular weight is 395 g/mol. The van der Waals surface area contributed by atoms with E-state index in [-0.39, 0.29) is 0 Å². The molecule has 2 N–H and O–H groups in total. The molecule has 4 aromatic carbocycles. The fourth-order valence-electron chi connectivity index (χ4n) is 3.53. The molecule has 4 rings (SSSR count). The van der Waals surface area contributed by atoms with E-state index in [0.717, 1.165) is 38.2 Å². The summed E-state index contributed by atoms with van der Waals surface area (Å²) in [5, 5.41) is 10.9. The lowest BCUT2D eigenvalue weighted by Gasteiger charge is -2.09. The van der Waals surface area contributed by atoms with E-state index >= 15 is 0 Å². The zero-order valence-corrected chi connectivity index (χ0v) is 16.8. The predicted molar refractivity (Wildman–Crippen MR) is 122 cm³/mol. The molecule has 0 aliphatic heterocycles. The van der Waals surface area contributed by atoms with Gasteiger partial charge in [-0.25, -0.2) is 5.43 Å². The minimum atomic E-state index is -0.823. The van der Waals surface area contributed by atoms with Gasteiger partial charge in [-0.3, -0.25) is 9.59 Å². The molecule has 0 aliphatic rings. The molecule has 5 nitrogen and oxygen atoms in total. The van der Waals surface area contributed by atoms with Gasteiger partial charge in [0.2, 0.25) is 0 Å². The normalized spacial score (nSPS) is 11.1. The Hall–Kier alpha value is -3.99. The molecule has 0 aliphatic carbocycles. The third-order valence-electron chi connectivity index (χ3n) is 5.01. The van der Waals surface area contributed by atoms with Crippen LogP contribution in [0.25, 0.3) is 21.5 Å². The van der Waals surface area contributed by atoms with Gasteiger partial charge < -0.3 is 5.32 Å². The van der Waals surface area contributed by atoms with Crippen LogP contribution in [0.1, 0.15) is 16.7 Å². The van der Waals surface area contributed by atoms with Gasteiger partial charge in [-0.15, -0.1) is 0 Å². The maximum atomic E-state index is 12.2. The molecule has 2 amide bonds. The van der Waals surface area contributed by atoms with Gasteiger partial charge in [0.25, 0.3) is 0 Å². The smallest absolute Gasteiger partial charge is 0.317 e. The van der Waals surface area contributed by atoms with Crippen molar-refractivity contribution in [2.45, 2.75) is 13.8 Å². The van der Waals surface area contributed by atoms with Gasteiger partial charge in [-0.2, -0.15) is 5.10 Å². The Labute approximate surface area is 174 Å². The summed E-state index contributed by atoms with van der Waals surface area (Å²) in [5.41, 5.74) is 5.79. The van der Waals surface area contributed by atoms with E-state index in [4.69, 9.17) is 0 Å². The third kappa shape index (κ3) is 3.91. The number of hydrazone groups is 1. The lowest BCUT2D eigenvalue weighted by molar-refractivity contribution is -0.136. The molecular formula is C25H21N3O2. The molecule has 0 radical (unpaired) electrons. The first-order valence-corrected chi connectivity index (χ1v) is 9.65. The molecule has 148 valence electrons. The highest BCUT2D eigenvalue weighted by atomic mass is 16.2. The Morgan fingerprint density at radius 2 is 1.43 bits per heavy atom. The molecule has 0 bridgehead atoms. The Bertz CT molecular complexity index is 1250. The fourth-order valence-corrected chi connectivity index (χ4v) is 3.53. The van der Waals surface area contributed by atoms with Gasteiger partial charge >= 0.3 is 11.8 Å². The minimum Gasteiger partial charge on any atom is -0.317 e. The van der Waals surface area contributed by atoms with E-state index in [1.807, 2.05) is 74.5 Å². The first kappa shape index (κ1) is 19.3. The summed E-state index contributed by atoms with van der Waals surface area (Å²) in [4.78, 5) is 24.4. The Morgan fingerprint density at radius 3 is 2.07 bits per heavy atom. The van der Waals surface area contributed by atoms with Crippen molar-refractivity contribution >= 4 is 45.3 Å². The number of carbonyl (C=O) groups is 2. The number of nitrogens with zero attached hydrogens (tertiary/aromatic N) is 1. The number of aryl methyl sites for hydroxylation is 2. The number of benzene rings is 4. The van der Waals surface area contributed by atoms with Crippen LogP contribution in [0.4, 0.5) is 5.69 Å². The highest BCUT2D eigenvalue weighted by Gasteiger charge is 2.14. The molecule has 0 unspecified atom stereocenters. The number of hydrogen-bond donors (Lipinski definition) is 2. The summed E-state index contributed by atoms with van der Waals surface area (Å²) in [6.45, 7) is 3.85. The van der Waals surface area contributed by atoms with Crippen molar-refractivity contribution < 1.29 is 9.59 Å². The summed E-state index contributed by atoms with van der Waals surface area (Å²) < 4.78 is 0. The Balaban J connectivity index is 1.56. The Morgan fingerprint density at radius 1 is 0.800 bits per heavy atom. The van der Waals surface area contributed by atoms with Crippen molar-refractivity contribution in [2.75, 3.05) is 5.32 Å². The third-order valence-corrected chi connectivity index (χ3v) is 5.01. The van der Waals surface area contributed by atoms with Crippen LogP contribution in [0.2, 0.25) is 0 Å². The monoisotopic (exact) mass is 395 g/mol. The molecule has 0 saturated carbocycles. The maximum absolute atomic E-state index is 12.2. The maximum Gasteiger partial charge on any atom is 0.329 e. The van der Waals surface area contributed by atoms with Gasteiger partial charge in [0.05, 0.1) is 6.21 Å². The van der Waals surface area contributed by atoms with Crippen LogP contribution in [-0.2, 0) is 9.59 Å².